The molecule has 1 aromatic rings. The number of nitrogens with two attached hydrogens (primary N) is 1. The second kappa shape index (κ2) is 5.89. The molecule has 0 saturated carbocycles. The van der Waals surface area contributed by atoms with Crippen LogP contribution in [0.15, 0.2) is 29.4 Å². The maximum absolute atomic E-state index is 11.9. The molecule has 0 aromatic heterocycles. The summed E-state index contributed by atoms with van der Waals surface area (Å²) < 4.78 is 0. The predicted molar refractivity (Wildman–Crippen MR) is 67.0 cm³/mol. The molecule has 0 fully saturated rings. The number of carbonyl (C=O) groups excluding carboxylic acids is 1. The lowest BCUT2D eigenvalue weighted by atomic mass is 10.0. The van der Waals surface area contributed by atoms with Gasteiger partial charge in [-0.1, -0.05) is 30.3 Å². The van der Waals surface area contributed by atoms with E-state index in [4.69, 9.17) is 10.9 Å². The third-order valence-corrected chi connectivity index (χ3v) is 2.60. The van der Waals surface area contributed by atoms with Crippen LogP contribution < -0.4 is 11.1 Å². The van der Waals surface area contributed by atoms with E-state index < -0.39 is 5.92 Å². The minimum atomic E-state index is -0.611. The third-order valence-electron chi connectivity index (χ3n) is 2.60. The van der Waals surface area contributed by atoms with Gasteiger partial charge < -0.3 is 16.3 Å². The number of benzene rings is 1. The van der Waals surface area contributed by atoms with Gasteiger partial charge in [-0.3, -0.25) is 4.79 Å². The van der Waals surface area contributed by atoms with Gasteiger partial charge in [0, 0.05) is 5.69 Å². The average molecular weight is 235 g/mol. The number of amides is 1. The van der Waals surface area contributed by atoms with Crippen molar-refractivity contribution < 1.29 is 10.0 Å². The van der Waals surface area contributed by atoms with Gasteiger partial charge in [0.1, 0.15) is 0 Å². The van der Waals surface area contributed by atoms with Crippen LogP contribution in [0, 0.1) is 12.8 Å². The van der Waals surface area contributed by atoms with Crippen molar-refractivity contribution in [3.63, 3.8) is 0 Å². The lowest BCUT2D eigenvalue weighted by molar-refractivity contribution is -0.118. The minimum absolute atomic E-state index is 0.0708. The average Bonchev–Trinajstić information content (AvgIpc) is 2.32. The fourth-order valence-corrected chi connectivity index (χ4v) is 1.53. The van der Waals surface area contributed by atoms with Crippen molar-refractivity contribution in [1.29, 1.82) is 0 Å². The van der Waals surface area contributed by atoms with Gasteiger partial charge in [-0.25, -0.2) is 0 Å². The molecule has 0 heterocycles. The standard InChI is InChI=1S/C12H17N3O2/c1-3-9(11(13)15-17)12(16)14-10-7-5-4-6-8(10)2/h4-7,9,17H,3H2,1-2H3,(H2,13,15)(H,14,16). The van der Waals surface area contributed by atoms with Crippen molar-refractivity contribution in [1.82, 2.24) is 0 Å². The van der Waals surface area contributed by atoms with Gasteiger partial charge in [0.2, 0.25) is 5.91 Å². The zero-order chi connectivity index (χ0) is 12.8. The highest BCUT2D eigenvalue weighted by molar-refractivity contribution is 6.07. The van der Waals surface area contributed by atoms with Gasteiger partial charge in [-0.05, 0) is 25.0 Å². The van der Waals surface area contributed by atoms with E-state index in [-0.39, 0.29) is 11.7 Å². The molecule has 0 aliphatic rings. The monoisotopic (exact) mass is 235 g/mol. The van der Waals surface area contributed by atoms with Gasteiger partial charge in [0.05, 0.1) is 5.92 Å². The van der Waals surface area contributed by atoms with E-state index in [2.05, 4.69) is 10.5 Å². The topological polar surface area (TPSA) is 87.7 Å². The summed E-state index contributed by atoms with van der Waals surface area (Å²) >= 11 is 0. The highest BCUT2D eigenvalue weighted by Crippen LogP contribution is 2.15. The molecular weight excluding hydrogens is 218 g/mol. The smallest absolute Gasteiger partial charge is 0.235 e. The number of carbonyl (C=O) groups is 1. The first-order chi connectivity index (χ1) is 8.10. The Kier molecular flexibility index (Phi) is 4.51. The van der Waals surface area contributed by atoms with Crippen LogP contribution >= 0.6 is 0 Å². The Morgan fingerprint density at radius 3 is 2.71 bits per heavy atom. The number of oxime groups is 1. The second-order valence-corrected chi connectivity index (χ2v) is 3.79. The number of nitrogens with one attached hydrogen (secondary N) is 1. The van der Waals surface area contributed by atoms with E-state index >= 15 is 0 Å². The maximum atomic E-state index is 11.9. The summed E-state index contributed by atoms with van der Waals surface area (Å²) in [5.74, 6) is -0.949. The fourth-order valence-electron chi connectivity index (χ4n) is 1.53. The number of anilines is 1. The molecule has 92 valence electrons. The molecule has 0 spiro atoms. The first-order valence-electron chi connectivity index (χ1n) is 5.44. The van der Waals surface area contributed by atoms with Crippen LogP contribution in [0.5, 0.6) is 0 Å². The fraction of sp³-hybridized carbons (Fsp3) is 0.333. The minimum Gasteiger partial charge on any atom is -0.409 e. The van der Waals surface area contributed by atoms with E-state index in [0.29, 0.717) is 6.42 Å². The molecule has 1 aromatic carbocycles. The number of para-hydroxylation sites is 1. The van der Waals surface area contributed by atoms with Crippen molar-refractivity contribution in [2.45, 2.75) is 20.3 Å². The molecule has 0 bridgehead atoms. The van der Waals surface area contributed by atoms with E-state index in [1.807, 2.05) is 31.2 Å². The van der Waals surface area contributed by atoms with Gasteiger partial charge >= 0.3 is 0 Å². The molecule has 1 rings (SSSR count). The third kappa shape index (κ3) is 3.21. The summed E-state index contributed by atoms with van der Waals surface area (Å²) in [6.07, 6.45) is 0.480. The van der Waals surface area contributed by atoms with Crippen molar-refractivity contribution >= 4 is 17.4 Å². The molecule has 17 heavy (non-hydrogen) atoms. The van der Waals surface area contributed by atoms with Crippen LogP contribution in [0.25, 0.3) is 0 Å². The van der Waals surface area contributed by atoms with Crippen LogP contribution in [0.2, 0.25) is 0 Å². The van der Waals surface area contributed by atoms with Gasteiger partial charge in [-0.2, -0.15) is 0 Å². The Labute approximate surface area is 100 Å². The largest absolute Gasteiger partial charge is 0.409 e. The summed E-state index contributed by atoms with van der Waals surface area (Å²) in [4.78, 5) is 11.9. The van der Waals surface area contributed by atoms with E-state index in [9.17, 15) is 4.79 Å². The molecule has 1 amide bonds. The predicted octanol–water partition coefficient (Wildman–Crippen LogP) is 1.71. The van der Waals surface area contributed by atoms with Crippen molar-refractivity contribution in [3.05, 3.63) is 29.8 Å². The second-order valence-electron chi connectivity index (χ2n) is 3.79. The molecular formula is C12H17N3O2. The van der Waals surface area contributed by atoms with E-state index in [1.54, 1.807) is 6.92 Å². The highest BCUT2D eigenvalue weighted by atomic mass is 16.4. The van der Waals surface area contributed by atoms with Gasteiger partial charge in [-0.15, -0.1) is 0 Å². The molecule has 5 heteroatoms. The SMILES string of the molecule is CCC(C(=O)Nc1ccccc1C)/C(N)=N/O. The first-order valence-corrected chi connectivity index (χ1v) is 5.44. The van der Waals surface area contributed by atoms with E-state index in [0.717, 1.165) is 11.3 Å². The Bertz CT molecular complexity index is 430. The summed E-state index contributed by atoms with van der Waals surface area (Å²) in [5.41, 5.74) is 7.16. The molecule has 4 N–H and O–H groups in total. The number of nitrogens with zero attached hydrogens (tertiary/aromatic N) is 1. The van der Waals surface area contributed by atoms with Gasteiger partial charge in [0.15, 0.2) is 5.84 Å². The summed E-state index contributed by atoms with van der Waals surface area (Å²) in [5, 5.41) is 14.2. The van der Waals surface area contributed by atoms with Crippen LogP contribution in [0.3, 0.4) is 0 Å². The molecule has 0 aliphatic heterocycles. The molecule has 0 aliphatic carbocycles. The van der Waals surface area contributed by atoms with E-state index in [1.165, 1.54) is 0 Å². The normalized spacial score (nSPS) is 13.2. The van der Waals surface area contributed by atoms with Crippen LogP contribution in [0.4, 0.5) is 5.69 Å². The Morgan fingerprint density at radius 2 is 2.18 bits per heavy atom. The number of amidine groups is 1. The zero-order valence-corrected chi connectivity index (χ0v) is 9.97. The first kappa shape index (κ1) is 13.0. The summed E-state index contributed by atoms with van der Waals surface area (Å²) in [6, 6.07) is 7.45. The molecule has 0 saturated heterocycles. The van der Waals surface area contributed by atoms with Crippen molar-refractivity contribution in [2.75, 3.05) is 5.32 Å². The quantitative estimate of drug-likeness (QED) is 0.321. The lowest BCUT2D eigenvalue weighted by Crippen LogP contribution is -2.34. The van der Waals surface area contributed by atoms with Crippen LogP contribution in [0.1, 0.15) is 18.9 Å². The Balaban J connectivity index is 2.82. The summed E-state index contributed by atoms with van der Waals surface area (Å²) in [7, 11) is 0. The van der Waals surface area contributed by atoms with Gasteiger partial charge in [0.25, 0.3) is 0 Å². The van der Waals surface area contributed by atoms with Crippen LogP contribution in [-0.2, 0) is 4.79 Å². The Morgan fingerprint density at radius 1 is 1.53 bits per heavy atom. The molecule has 1 unspecified atom stereocenters. The maximum Gasteiger partial charge on any atom is 0.235 e. The van der Waals surface area contributed by atoms with Crippen molar-refractivity contribution in [3.8, 4) is 0 Å². The number of hydrogen-bond acceptors (Lipinski definition) is 3. The number of aryl methyl sites for hydroxylation is 1. The molecule has 0 radical (unpaired) electrons. The number of rotatable bonds is 4. The molecule has 5 nitrogen and oxygen atoms in total. The lowest BCUT2D eigenvalue weighted by Gasteiger charge is -2.14. The zero-order valence-electron chi connectivity index (χ0n) is 9.97. The van der Waals surface area contributed by atoms with Crippen LogP contribution in [-0.4, -0.2) is 17.0 Å². The van der Waals surface area contributed by atoms with Crippen molar-refractivity contribution in [2.24, 2.45) is 16.8 Å². The molecule has 1 atom stereocenters. The Hall–Kier alpha value is -2.04. The number of hydrogen-bond donors (Lipinski definition) is 3. The highest BCUT2D eigenvalue weighted by Gasteiger charge is 2.21. The summed E-state index contributed by atoms with van der Waals surface area (Å²) in [6.45, 7) is 3.71.